The average molecular weight is 455 g/mol. The molecule has 1 aromatic carbocycles. The summed E-state index contributed by atoms with van der Waals surface area (Å²) in [5.74, 6) is 0.794. The maximum Gasteiger partial charge on any atom is 0.226 e. The summed E-state index contributed by atoms with van der Waals surface area (Å²) in [6.07, 6.45) is 2.35. The number of nitrogens with two attached hydrogens (primary N) is 1. The number of carbonyl (C=O) groups is 2. The molecular weight excluding hydrogens is 435 g/mol. The van der Waals surface area contributed by atoms with Crippen molar-refractivity contribution in [2.24, 2.45) is 0 Å². The van der Waals surface area contributed by atoms with Crippen LogP contribution in [0.5, 0.6) is 0 Å². The quantitative estimate of drug-likeness (QED) is 0.583. The van der Waals surface area contributed by atoms with Gasteiger partial charge in [-0.3, -0.25) is 9.59 Å². The molecule has 0 aliphatic rings. The smallest absolute Gasteiger partial charge is 0.226 e. The first kappa shape index (κ1) is 23.2. The number of thioether (sulfide) groups is 1. The van der Waals surface area contributed by atoms with E-state index in [1.807, 2.05) is 0 Å². The van der Waals surface area contributed by atoms with Crippen LogP contribution in [0.2, 0.25) is 10.0 Å². The monoisotopic (exact) mass is 454 g/mol. The number of hydrogen-bond acceptors (Lipinski definition) is 7. The molecule has 0 atom stereocenters. The number of carbonyl (C=O) groups excluding carboxylic acids is 2. The van der Waals surface area contributed by atoms with Crippen molar-refractivity contribution in [1.82, 2.24) is 14.9 Å². The van der Waals surface area contributed by atoms with Crippen molar-refractivity contribution in [1.29, 1.82) is 0 Å². The Morgan fingerprint density at radius 2 is 2.00 bits per heavy atom. The first-order chi connectivity index (χ1) is 13.8. The molecule has 3 N–H and O–H groups in total. The maximum absolute atomic E-state index is 12.8. The number of anilines is 1. The Morgan fingerprint density at radius 1 is 1.34 bits per heavy atom. The number of halogens is 2. The van der Waals surface area contributed by atoms with Gasteiger partial charge < -0.3 is 15.7 Å². The number of rotatable bonds is 8. The number of benzene rings is 1. The number of nitrogens with zero attached hydrogens (tertiary/aromatic N) is 3. The first-order valence-electron chi connectivity index (χ1n) is 8.55. The van der Waals surface area contributed by atoms with Crippen LogP contribution in [0.15, 0.2) is 35.0 Å². The zero-order valence-corrected chi connectivity index (χ0v) is 18.2. The van der Waals surface area contributed by atoms with Gasteiger partial charge in [-0.15, -0.1) is 0 Å². The number of allylic oxidation sites excluding steroid dienone is 1. The number of aryl methyl sites for hydroxylation is 1. The van der Waals surface area contributed by atoms with Gasteiger partial charge in [0.25, 0.3) is 0 Å². The van der Waals surface area contributed by atoms with Crippen molar-refractivity contribution >= 4 is 52.3 Å². The molecule has 1 aromatic heterocycles. The molecule has 0 unspecified atom stereocenters. The highest BCUT2D eigenvalue weighted by molar-refractivity contribution is 8.17. The topological polar surface area (TPSA) is 109 Å². The summed E-state index contributed by atoms with van der Waals surface area (Å²) >= 11 is 13.1. The van der Waals surface area contributed by atoms with E-state index < -0.39 is 0 Å². The summed E-state index contributed by atoms with van der Waals surface area (Å²) in [6, 6.07) is 4.78. The molecule has 0 aliphatic carbocycles. The van der Waals surface area contributed by atoms with Crippen molar-refractivity contribution in [3.05, 3.63) is 62.0 Å². The van der Waals surface area contributed by atoms with Gasteiger partial charge in [0.2, 0.25) is 11.5 Å². The molecule has 10 heteroatoms. The Hall–Kier alpha value is -2.13. The third-order valence-corrected chi connectivity index (χ3v) is 5.81. The zero-order valence-electron chi connectivity index (χ0n) is 15.9. The second-order valence-electron chi connectivity index (χ2n) is 6.03. The number of aromatic nitrogens is 2. The van der Waals surface area contributed by atoms with Crippen LogP contribution in [0.3, 0.4) is 0 Å². The van der Waals surface area contributed by atoms with Gasteiger partial charge in [0, 0.05) is 35.4 Å². The van der Waals surface area contributed by atoms with Crippen molar-refractivity contribution < 1.29 is 14.7 Å². The molecule has 0 aliphatic heterocycles. The van der Waals surface area contributed by atoms with Crippen LogP contribution in [-0.2, 0) is 11.3 Å². The normalized spacial score (nSPS) is 11.8. The Bertz CT molecular complexity index is 933. The third-order valence-electron chi connectivity index (χ3n) is 4.04. The fraction of sp³-hybridized carbons (Fsp3) is 0.263. The standard InChI is InChI=1S/C19H20Cl2N4O3S/c1-11(25(10-27)9-13-8-23-12(2)24-18(13)22)16(6-7-26)29-19(28)17-14(20)4-3-5-15(17)21/h3-5,8,10,26H,6-7,9H2,1-2H3,(H2,22,23,24)/b16-11-. The fourth-order valence-corrected chi connectivity index (χ4v) is 4.16. The van der Waals surface area contributed by atoms with E-state index in [0.717, 1.165) is 11.8 Å². The zero-order chi connectivity index (χ0) is 21.6. The van der Waals surface area contributed by atoms with E-state index in [0.29, 0.717) is 28.4 Å². The Balaban J connectivity index is 2.33. The minimum atomic E-state index is -0.382. The molecular formula is C19H20Cl2N4O3S. The molecule has 29 heavy (non-hydrogen) atoms. The molecule has 0 saturated carbocycles. The van der Waals surface area contributed by atoms with E-state index >= 15 is 0 Å². The van der Waals surface area contributed by atoms with Gasteiger partial charge in [-0.05, 0) is 37.7 Å². The highest BCUT2D eigenvalue weighted by atomic mass is 35.5. The van der Waals surface area contributed by atoms with Crippen molar-refractivity contribution in [2.75, 3.05) is 12.3 Å². The van der Waals surface area contributed by atoms with Crippen molar-refractivity contribution in [3.8, 4) is 0 Å². The van der Waals surface area contributed by atoms with Crippen LogP contribution >= 0.6 is 35.0 Å². The van der Waals surface area contributed by atoms with E-state index in [4.69, 9.17) is 28.9 Å². The fourth-order valence-electron chi connectivity index (χ4n) is 2.48. The van der Waals surface area contributed by atoms with E-state index in [9.17, 15) is 14.7 Å². The van der Waals surface area contributed by atoms with Crippen molar-refractivity contribution in [2.45, 2.75) is 26.8 Å². The summed E-state index contributed by atoms with van der Waals surface area (Å²) in [5.41, 5.74) is 7.15. The summed E-state index contributed by atoms with van der Waals surface area (Å²) in [5, 5.41) is 9.52. The SMILES string of the molecule is C/C(=C(\CCO)SC(=O)c1c(Cl)cccc1Cl)N(C=O)Cc1cnc(C)nc1N. The summed E-state index contributed by atoms with van der Waals surface area (Å²) in [6.45, 7) is 3.31. The molecule has 0 spiro atoms. The molecule has 7 nitrogen and oxygen atoms in total. The number of amides is 1. The van der Waals surface area contributed by atoms with Crippen LogP contribution in [0.1, 0.15) is 35.1 Å². The minimum absolute atomic E-state index is 0.123. The van der Waals surface area contributed by atoms with Crippen LogP contribution in [0.4, 0.5) is 5.82 Å². The van der Waals surface area contributed by atoms with Gasteiger partial charge in [-0.25, -0.2) is 9.97 Å². The highest BCUT2D eigenvalue weighted by Gasteiger charge is 2.20. The van der Waals surface area contributed by atoms with Gasteiger partial charge in [-0.2, -0.15) is 0 Å². The molecule has 0 saturated heterocycles. The molecule has 1 heterocycles. The second-order valence-corrected chi connectivity index (χ2v) is 7.91. The Kier molecular flexibility index (Phi) is 8.45. The van der Waals surface area contributed by atoms with Crippen LogP contribution in [-0.4, -0.2) is 38.1 Å². The largest absolute Gasteiger partial charge is 0.396 e. The van der Waals surface area contributed by atoms with Crippen LogP contribution in [0, 0.1) is 6.92 Å². The van der Waals surface area contributed by atoms with Gasteiger partial charge in [0.05, 0.1) is 22.2 Å². The Labute approximate surface area is 182 Å². The van der Waals surface area contributed by atoms with Gasteiger partial charge in [0.15, 0.2) is 0 Å². The third kappa shape index (κ3) is 5.93. The Morgan fingerprint density at radius 3 is 2.55 bits per heavy atom. The predicted molar refractivity (Wildman–Crippen MR) is 116 cm³/mol. The lowest BCUT2D eigenvalue weighted by Crippen LogP contribution is -2.22. The van der Waals surface area contributed by atoms with Crippen molar-refractivity contribution in [3.63, 3.8) is 0 Å². The number of aliphatic hydroxyl groups is 1. The van der Waals surface area contributed by atoms with E-state index in [1.54, 1.807) is 38.2 Å². The highest BCUT2D eigenvalue weighted by Crippen LogP contribution is 2.34. The molecule has 154 valence electrons. The number of nitrogen functional groups attached to an aromatic ring is 1. The van der Waals surface area contributed by atoms with E-state index in [1.165, 1.54) is 4.90 Å². The van der Waals surface area contributed by atoms with Gasteiger partial charge in [0.1, 0.15) is 11.6 Å². The minimum Gasteiger partial charge on any atom is -0.396 e. The van der Waals surface area contributed by atoms with E-state index in [-0.39, 0.29) is 46.1 Å². The molecule has 2 aromatic rings. The lowest BCUT2D eigenvalue weighted by molar-refractivity contribution is -0.116. The first-order valence-corrected chi connectivity index (χ1v) is 10.1. The predicted octanol–water partition coefficient (Wildman–Crippen LogP) is 3.82. The molecule has 0 fully saturated rings. The van der Waals surface area contributed by atoms with E-state index in [2.05, 4.69) is 9.97 Å². The molecule has 2 rings (SSSR count). The molecule has 1 amide bonds. The summed E-state index contributed by atoms with van der Waals surface area (Å²) in [4.78, 5) is 34.6. The average Bonchev–Trinajstić information content (AvgIpc) is 2.66. The van der Waals surface area contributed by atoms with Gasteiger partial charge in [-0.1, -0.05) is 29.3 Å². The number of aliphatic hydroxyl groups excluding tert-OH is 1. The van der Waals surface area contributed by atoms with Gasteiger partial charge >= 0.3 is 0 Å². The van der Waals surface area contributed by atoms with Crippen LogP contribution < -0.4 is 5.73 Å². The van der Waals surface area contributed by atoms with Crippen LogP contribution in [0.25, 0.3) is 0 Å². The maximum atomic E-state index is 12.8. The molecule has 0 bridgehead atoms. The summed E-state index contributed by atoms with van der Waals surface area (Å²) < 4.78 is 0. The second kappa shape index (κ2) is 10.6. The lowest BCUT2D eigenvalue weighted by Gasteiger charge is -2.22. The number of hydrogen-bond donors (Lipinski definition) is 2. The lowest BCUT2D eigenvalue weighted by atomic mass is 10.2. The summed E-state index contributed by atoms with van der Waals surface area (Å²) in [7, 11) is 0. The molecule has 0 radical (unpaired) electrons.